The average Bonchev–Trinajstić information content (AvgIpc) is 2.47. The first-order valence-corrected chi connectivity index (χ1v) is 7.51. The second kappa shape index (κ2) is 6.52. The molecule has 0 radical (unpaired) electrons. The molecule has 1 amide bonds. The summed E-state index contributed by atoms with van der Waals surface area (Å²) in [5.74, 6) is -1.57. The summed E-state index contributed by atoms with van der Waals surface area (Å²) >= 11 is 0. The normalized spacial score (nSPS) is 29.9. The van der Waals surface area contributed by atoms with Gasteiger partial charge in [-0.1, -0.05) is 6.42 Å². The molecule has 0 aromatic carbocycles. The number of amides is 1. The number of hydrogen-bond acceptors (Lipinski definition) is 3. The Bertz CT molecular complexity index is 368. The highest BCUT2D eigenvalue weighted by Crippen LogP contribution is 2.37. The third-order valence-corrected chi connectivity index (χ3v) is 4.69. The fourth-order valence-electron chi connectivity index (χ4n) is 3.29. The molecule has 0 spiro atoms. The molecule has 4 nitrogen and oxygen atoms in total. The van der Waals surface area contributed by atoms with Crippen LogP contribution in [-0.4, -0.2) is 43.9 Å². The topological polar surface area (TPSA) is 50.4 Å². The highest BCUT2D eigenvalue weighted by molar-refractivity contribution is 5.85. The third-order valence-electron chi connectivity index (χ3n) is 4.69. The molecule has 1 aliphatic heterocycles. The minimum absolute atomic E-state index is 0.0206. The first-order valence-electron chi connectivity index (χ1n) is 7.51. The number of methoxy groups -OCH3 is 1. The number of ether oxygens (including phenoxy) is 1. The van der Waals surface area contributed by atoms with E-state index in [9.17, 15) is 18.0 Å². The average molecular weight is 308 g/mol. The lowest BCUT2D eigenvalue weighted by atomic mass is 9.84. The van der Waals surface area contributed by atoms with Gasteiger partial charge in [0.25, 0.3) is 5.91 Å². The monoisotopic (exact) mass is 308 g/mol. The van der Waals surface area contributed by atoms with Crippen molar-refractivity contribution in [3.05, 3.63) is 0 Å². The van der Waals surface area contributed by atoms with E-state index in [0.29, 0.717) is 38.8 Å². The third kappa shape index (κ3) is 3.88. The Balaban J connectivity index is 1.95. The summed E-state index contributed by atoms with van der Waals surface area (Å²) < 4.78 is 43.8. The van der Waals surface area contributed by atoms with E-state index in [1.807, 2.05) is 0 Å². The van der Waals surface area contributed by atoms with Crippen LogP contribution in [0.5, 0.6) is 0 Å². The van der Waals surface area contributed by atoms with Crippen molar-refractivity contribution in [1.29, 1.82) is 0 Å². The van der Waals surface area contributed by atoms with E-state index in [4.69, 9.17) is 4.74 Å². The lowest BCUT2D eigenvalue weighted by Crippen LogP contribution is -2.56. The van der Waals surface area contributed by atoms with Crippen LogP contribution in [-0.2, 0) is 9.53 Å². The minimum Gasteiger partial charge on any atom is -0.368 e. The molecule has 7 heteroatoms. The van der Waals surface area contributed by atoms with Gasteiger partial charge < -0.3 is 15.4 Å². The number of rotatable bonds is 3. The van der Waals surface area contributed by atoms with Crippen LogP contribution >= 0.6 is 0 Å². The molecule has 1 saturated carbocycles. The Kier molecular flexibility index (Phi) is 5.14. The fraction of sp³-hybridized carbons (Fsp3) is 0.929. The quantitative estimate of drug-likeness (QED) is 0.838. The van der Waals surface area contributed by atoms with Crippen molar-refractivity contribution >= 4 is 5.91 Å². The van der Waals surface area contributed by atoms with Crippen LogP contribution in [0.4, 0.5) is 13.2 Å². The number of piperidine rings is 1. The van der Waals surface area contributed by atoms with E-state index < -0.39 is 23.7 Å². The maximum absolute atomic E-state index is 12.8. The van der Waals surface area contributed by atoms with Crippen molar-refractivity contribution in [2.45, 2.75) is 56.3 Å². The van der Waals surface area contributed by atoms with Gasteiger partial charge in [0, 0.05) is 13.2 Å². The maximum atomic E-state index is 12.8. The van der Waals surface area contributed by atoms with Gasteiger partial charge in [-0.15, -0.1) is 0 Å². The van der Waals surface area contributed by atoms with Gasteiger partial charge in [-0.3, -0.25) is 4.79 Å². The number of carbonyl (C=O) groups is 1. The Hall–Kier alpha value is -0.820. The predicted molar refractivity (Wildman–Crippen MR) is 71.8 cm³/mol. The van der Waals surface area contributed by atoms with Crippen molar-refractivity contribution in [3.8, 4) is 0 Å². The lowest BCUT2D eigenvalue weighted by Gasteiger charge is -2.38. The number of carbonyl (C=O) groups excluding carboxylic acids is 1. The summed E-state index contributed by atoms with van der Waals surface area (Å²) in [7, 11) is 1.49. The SMILES string of the molecule is COC1(C(=O)NC2CCCC(C(F)(F)F)C2)CCNCC1. The van der Waals surface area contributed by atoms with Gasteiger partial charge in [0.05, 0.1) is 5.92 Å². The molecule has 2 N–H and O–H groups in total. The predicted octanol–water partition coefficient (Wildman–Crippen LogP) is 1.99. The van der Waals surface area contributed by atoms with Gasteiger partial charge in [0.1, 0.15) is 5.60 Å². The lowest BCUT2D eigenvalue weighted by molar-refractivity contribution is -0.184. The van der Waals surface area contributed by atoms with Crippen LogP contribution in [0.15, 0.2) is 0 Å². The number of halogens is 3. The minimum atomic E-state index is -4.17. The van der Waals surface area contributed by atoms with Gasteiger partial charge in [-0.2, -0.15) is 13.2 Å². The molecular weight excluding hydrogens is 285 g/mol. The van der Waals surface area contributed by atoms with Gasteiger partial charge in [-0.25, -0.2) is 0 Å². The summed E-state index contributed by atoms with van der Waals surface area (Å²) in [6, 6.07) is -0.403. The first kappa shape index (κ1) is 16.5. The van der Waals surface area contributed by atoms with E-state index in [2.05, 4.69) is 10.6 Å². The van der Waals surface area contributed by atoms with E-state index >= 15 is 0 Å². The van der Waals surface area contributed by atoms with E-state index in [-0.39, 0.29) is 18.7 Å². The van der Waals surface area contributed by atoms with Crippen LogP contribution in [0, 0.1) is 5.92 Å². The van der Waals surface area contributed by atoms with Gasteiger partial charge in [0.15, 0.2) is 0 Å². The maximum Gasteiger partial charge on any atom is 0.391 e. The second-order valence-corrected chi connectivity index (χ2v) is 6.02. The Morgan fingerprint density at radius 1 is 1.29 bits per heavy atom. The summed E-state index contributed by atoms with van der Waals surface area (Å²) in [4.78, 5) is 12.4. The molecule has 122 valence electrons. The van der Waals surface area contributed by atoms with Crippen molar-refractivity contribution in [2.24, 2.45) is 5.92 Å². The smallest absolute Gasteiger partial charge is 0.368 e. The highest BCUT2D eigenvalue weighted by Gasteiger charge is 2.44. The number of alkyl halides is 3. The Labute approximate surface area is 122 Å². The molecule has 0 aromatic rings. The zero-order valence-electron chi connectivity index (χ0n) is 12.3. The number of nitrogens with one attached hydrogen (secondary N) is 2. The molecule has 0 aromatic heterocycles. The molecule has 21 heavy (non-hydrogen) atoms. The van der Waals surface area contributed by atoms with Crippen molar-refractivity contribution in [2.75, 3.05) is 20.2 Å². The molecule has 1 saturated heterocycles. The van der Waals surface area contributed by atoms with Crippen LogP contribution in [0.25, 0.3) is 0 Å². The van der Waals surface area contributed by atoms with Crippen LogP contribution < -0.4 is 10.6 Å². The van der Waals surface area contributed by atoms with Crippen molar-refractivity contribution < 1.29 is 22.7 Å². The molecule has 2 atom stereocenters. The Morgan fingerprint density at radius 3 is 2.52 bits per heavy atom. The molecule has 1 heterocycles. The second-order valence-electron chi connectivity index (χ2n) is 6.02. The van der Waals surface area contributed by atoms with E-state index in [1.54, 1.807) is 0 Å². The largest absolute Gasteiger partial charge is 0.391 e. The fourth-order valence-corrected chi connectivity index (χ4v) is 3.29. The van der Waals surface area contributed by atoms with Crippen LogP contribution in [0.2, 0.25) is 0 Å². The molecular formula is C14H23F3N2O2. The zero-order valence-corrected chi connectivity index (χ0v) is 12.3. The summed E-state index contributed by atoms with van der Waals surface area (Å²) in [5, 5.41) is 5.94. The van der Waals surface area contributed by atoms with Gasteiger partial charge in [-0.05, 0) is 45.2 Å². The summed E-state index contributed by atoms with van der Waals surface area (Å²) in [6.45, 7) is 1.36. The highest BCUT2D eigenvalue weighted by atomic mass is 19.4. The molecule has 0 bridgehead atoms. The first-order chi connectivity index (χ1) is 9.87. The van der Waals surface area contributed by atoms with E-state index in [1.165, 1.54) is 7.11 Å². The van der Waals surface area contributed by atoms with Gasteiger partial charge >= 0.3 is 6.18 Å². The van der Waals surface area contributed by atoms with Crippen molar-refractivity contribution in [1.82, 2.24) is 10.6 Å². The standard InChI is InChI=1S/C14H23F3N2O2/c1-21-13(5-7-18-8-6-13)12(20)19-11-4-2-3-10(9-11)14(15,16)17/h10-11,18H,2-9H2,1H3,(H,19,20). The Morgan fingerprint density at radius 2 is 1.95 bits per heavy atom. The van der Waals surface area contributed by atoms with Crippen molar-refractivity contribution in [3.63, 3.8) is 0 Å². The van der Waals surface area contributed by atoms with Crippen LogP contribution in [0.3, 0.4) is 0 Å². The van der Waals surface area contributed by atoms with Gasteiger partial charge in [0.2, 0.25) is 0 Å². The molecule has 2 unspecified atom stereocenters. The summed E-state index contributed by atoms with van der Waals surface area (Å²) in [6.07, 6.45) is -1.83. The van der Waals surface area contributed by atoms with Crippen LogP contribution in [0.1, 0.15) is 38.5 Å². The molecule has 2 aliphatic rings. The molecule has 2 rings (SSSR count). The molecule has 2 fully saturated rings. The summed E-state index contributed by atoms with van der Waals surface area (Å²) in [5.41, 5.74) is -0.892. The number of hydrogen-bond donors (Lipinski definition) is 2. The van der Waals surface area contributed by atoms with E-state index in [0.717, 1.165) is 0 Å². The molecule has 1 aliphatic carbocycles. The zero-order chi connectivity index (χ0) is 15.5.